The van der Waals surface area contributed by atoms with Crippen LogP contribution in [-0.2, 0) is 27.0 Å². The van der Waals surface area contributed by atoms with E-state index in [0.29, 0.717) is 5.56 Å². The molecule has 0 aliphatic carbocycles. The maximum Gasteiger partial charge on any atom is 0.416 e. The minimum atomic E-state index is -4.46. The van der Waals surface area contributed by atoms with Crippen molar-refractivity contribution < 1.29 is 32.7 Å². The number of hydrogen-bond acceptors (Lipinski definition) is 3. The normalized spacial score (nSPS) is 12.5. The Morgan fingerprint density at radius 2 is 1.74 bits per heavy atom. The second-order valence-corrected chi connectivity index (χ2v) is 5.07. The zero-order valence-electron chi connectivity index (χ0n) is 12.3. The average molecular weight is 331 g/mol. The van der Waals surface area contributed by atoms with E-state index in [2.05, 4.69) is 5.32 Å². The highest BCUT2D eigenvalue weighted by atomic mass is 19.4. The van der Waals surface area contributed by atoms with E-state index in [1.165, 1.54) is 6.92 Å². The van der Waals surface area contributed by atoms with Gasteiger partial charge in [0.1, 0.15) is 11.8 Å². The number of halogens is 3. The zero-order valence-corrected chi connectivity index (χ0v) is 12.3. The van der Waals surface area contributed by atoms with Gasteiger partial charge in [-0.25, -0.2) is 4.79 Å². The second kappa shape index (κ2) is 7.75. The molecule has 0 aliphatic heterocycles. The third-order valence-corrected chi connectivity index (χ3v) is 3.06. The Hall–Kier alpha value is -2.38. The summed E-state index contributed by atoms with van der Waals surface area (Å²) in [5.41, 5.74) is -0.502. The Bertz CT molecular complexity index is 581. The van der Waals surface area contributed by atoms with Gasteiger partial charge in [-0.05, 0) is 31.0 Å². The number of alkyl halides is 3. The molecule has 0 radical (unpaired) electrons. The van der Waals surface area contributed by atoms with Gasteiger partial charge in [-0.3, -0.25) is 4.79 Å². The van der Waals surface area contributed by atoms with Crippen molar-refractivity contribution in [1.82, 2.24) is 5.32 Å². The van der Waals surface area contributed by atoms with Crippen LogP contribution in [0.25, 0.3) is 0 Å². The highest BCUT2D eigenvalue weighted by Gasteiger charge is 2.30. The number of carbonyl (C=O) groups excluding carboxylic acids is 2. The van der Waals surface area contributed by atoms with E-state index in [1.54, 1.807) is 0 Å². The first-order chi connectivity index (χ1) is 10.6. The predicted octanol–water partition coefficient (Wildman–Crippen LogP) is 2.19. The molecule has 0 aliphatic rings. The van der Waals surface area contributed by atoms with Gasteiger partial charge in [-0.2, -0.15) is 13.2 Å². The van der Waals surface area contributed by atoms with Crippen LogP contribution in [-0.4, -0.2) is 28.8 Å². The van der Waals surface area contributed by atoms with Crippen molar-refractivity contribution in [3.63, 3.8) is 0 Å². The standard InChI is InChI=1S/C15H16F3NO4/c1-9(20)2-7-12(14(22)23)19-13(21)8-10-3-5-11(6-4-10)15(16,17)18/h3-6,12H,2,7-8H2,1H3,(H,19,21)(H,22,23)/t12-/m1/s1. The predicted molar refractivity (Wildman–Crippen MR) is 74.6 cm³/mol. The Labute approximate surface area is 130 Å². The first-order valence-electron chi connectivity index (χ1n) is 6.77. The number of aliphatic carboxylic acids is 1. The van der Waals surface area contributed by atoms with E-state index < -0.39 is 29.7 Å². The SMILES string of the molecule is CC(=O)CC[C@@H](NC(=O)Cc1ccc(C(F)(F)F)cc1)C(=O)O. The summed E-state index contributed by atoms with van der Waals surface area (Å²) in [6.45, 7) is 1.31. The fraction of sp³-hybridized carbons (Fsp3) is 0.400. The Morgan fingerprint density at radius 3 is 2.17 bits per heavy atom. The average Bonchev–Trinajstić information content (AvgIpc) is 2.42. The number of carbonyl (C=O) groups is 3. The molecule has 5 nitrogen and oxygen atoms in total. The van der Waals surface area contributed by atoms with Crippen LogP contribution in [0.3, 0.4) is 0 Å². The maximum absolute atomic E-state index is 12.4. The van der Waals surface area contributed by atoms with Gasteiger partial charge in [-0.1, -0.05) is 12.1 Å². The molecule has 1 amide bonds. The summed E-state index contributed by atoms with van der Waals surface area (Å²) < 4.78 is 37.3. The molecule has 1 rings (SSSR count). The fourth-order valence-electron chi connectivity index (χ4n) is 1.85. The van der Waals surface area contributed by atoms with Gasteiger partial charge in [0, 0.05) is 6.42 Å². The largest absolute Gasteiger partial charge is 0.480 e. The summed E-state index contributed by atoms with van der Waals surface area (Å²) in [4.78, 5) is 33.6. The first-order valence-corrected chi connectivity index (χ1v) is 6.77. The molecule has 8 heteroatoms. The van der Waals surface area contributed by atoms with Crippen LogP contribution >= 0.6 is 0 Å². The summed E-state index contributed by atoms with van der Waals surface area (Å²) in [6, 6.07) is 2.82. The van der Waals surface area contributed by atoms with Crippen LogP contribution in [0.15, 0.2) is 24.3 Å². The minimum absolute atomic E-state index is 0.0114. The number of ketones is 1. The van der Waals surface area contributed by atoms with Crippen molar-refractivity contribution in [3.8, 4) is 0 Å². The van der Waals surface area contributed by atoms with E-state index >= 15 is 0 Å². The molecular formula is C15H16F3NO4. The van der Waals surface area contributed by atoms with Crippen LogP contribution in [0.5, 0.6) is 0 Å². The lowest BCUT2D eigenvalue weighted by Gasteiger charge is -2.14. The molecule has 23 heavy (non-hydrogen) atoms. The Kier molecular flexibility index (Phi) is 6.29. The number of benzene rings is 1. The lowest BCUT2D eigenvalue weighted by molar-refractivity contribution is -0.142. The molecule has 1 aromatic rings. The lowest BCUT2D eigenvalue weighted by Crippen LogP contribution is -2.41. The van der Waals surface area contributed by atoms with Crippen molar-refractivity contribution in [1.29, 1.82) is 0 Å². The maximum atomic E-state index is 12.4. The third kappa shape index (κ3) is 6.50. The molecule has 1 aromatic carbocycles. The van der Waals surface area contributed by atoms with E-state index in [1.807, 2.05) is 0 Å². The monoisotopic (exact) mass is 331 g/mol. The molecule has 0 bridgehead atoms. The van der Waals surface area contributed by atoms with E-state index in [4.69, 9.17) is 5.11 Å². The Balaban J connectivity index is 2.64. The van der Waals surface area contributed by atoms with Crippen LogP contribution < -0.4 is 5.32 Å². The molecule has 0 saturated heterocycles. The quantitative estimate of drug-likeness (QED) is 0.802. The summed E-state index contributed by atoms with van der Waals surface area (Å²) >= 11 is 0. The molecule has 0 heterocycles. The molecule has 0 saturated carbocycles. The summed E-state index contributed by atoms with van der Waals surface area (Å²) in [5.74, 6) is -2.11. The number of carboxylic acids is 1. The number of rotatable bonds is 7. The highest BCUT2D eigenvalue weighted by molar-refractivity contribution is 5.85. The molecule has 0 spiro atoms. The topological polar surface area (TPSA) is 83.5 Å². The van der Waals surface area contributed by atoms with Crippen LogP contribution in [0, 0.1) is 0 Å². The van der Waals surface area contributed by atoms with Gasteiger partial charge >= 0.3 is 12.1 Å². The minimum Gasteiger partial charge on any atom is -0.480 e. The molecule has 2 N–H and O–H groups in total. The van der Waals surface area contributed by atoms with Crippen molar-refractivity contribution >= 4 is 17.7 Å². The third-order valence-electron chi connectivity index (χ3n) is 3.06. The van der Waals surface area contributed by atoms with Gasteiger partial charge in [0.05, 0.1) is 12.0 Å². The smallest absolute Gasteiger partial charge is 0.416 e. The van der Waals surface area contributed by atoms with Gasteiger partial charge < -0.3 is 15.2 Å². The number of carboxylic acid groups (broad SMARTS) is 1. The Morgan fingerprint density at radius 1 is 1.17 bits per heavy atom. The summed E-state index contributed by atoms with van der Waals surface area (Å²) in [6.07, 6.45) is -4.73. The highest BCUT2D eigenvalue weighted by Crippen LogP contribution is 2.29. The summed E-state index contributed by atoms with van der Waals surface area (Å²) in [5, 5.41) is 11.2. The molecular weight excluding hydrogens is 315 g/mol. The number of Topliss-reactive ketones (excluding diaryl/α,β-unsaturated/α-hetero) is 1. The van der Waals surface area contributed by atoms with Crippen LogP contribution in [0.1, 0.15) is 30.9 Å². The van der Waals surface area contributed by atoms with E-state index in [9.17, 15) is 27.6 Å². The second-order valence-electron chi connectivity index (χ2n) is 5.07. The number of hydrogen-bond donors (Lipinski definition) is 2. The molecule has 0 fully saturated rings. The molecule has 0 aromatic heterocycles. The molecule has 0 unspecified atom stereocenters. The van der Waals surface area contributed by atoms with Gasteiger partial charge in [0.25, 0.3) is 0 Å². The zero-order chi connectivity index (χ0) is 17.6. The number of nitrogens with one attached hydrogen (secondary N) is 1. The van der Waals surface area contributed by atoms with Crippen molar-refractivity contribution in [2.75, 3.05) is 0 Å². The van der Waals surface area contributed by atoms with Crippen LogP contribution in [0.4, 0.5) is 13.2 Å². The van der Waals surface area contributed by atoms with Gasteiger partial charge in [0.2, 0.25) is 5.91 Å². The van der Waals surface area contributed by atoms with E-state index in [-0.39, 0.29) is 25.0 Å². The summed E-state index contributed by atoms with van der Waals surface area (Å²) in [7, 11) is 0. The van der Waals surface area contributed by atoms with Gasteiger partial charge in [-0.15, -0.1) is 0 Å². The first kappa shape index (κ1) is 18.7. The molecule has 1 atom stereocenters. The fourth-order valence-corrected chi connectivity index (χ4v) is 1.85. The van der Waals surface area contributed by atoms with Crippen molar-refractivity contribution in [3.05, 3.63) is 35.4 Å². The van der Waals surface area contributed by atoms with Crippen LogP contribution in [0.2, 0.25) is 0 Å². The number of amides is 1. The molecule has 126 valence electrons. The van der Waals surface area contributed by atoms with E-state index in [0.717, 1.165) is 24.3 Å². The van der Waals surface area contributed by atoms with Gasteiger partial charge in [0.15, 0.2) is 0 Å². The lowest BCUT2D eigenvalue weighted by atomic mass is 10.1. The van der Waals surface area contributed by atoms with Crippen molar-refractivity contribution in [2.45, 2.75) is 38.4 Å². The van der Waals surface area contributed by atoms with Crippen molar-refractivity contribution in [2.24, 2.45) is 0 Å².